The van der Waals surface area contributed by atoms with Crippen molar-refractivity contribution in [3.05, 3.63) is 33.4 Å². The van der Waals surface area contributed by atoms with Gasteiger partial charge in [-0.15, -0.1) is 0 Å². The number of carbonyl (C=O) groups is 4. The van der Waals surface area contributed by atoms with Crippen molar-refractivity contribution in [1.29, 1.82) is 0 Å². The lowest BCUT2D eigenvalue weighted by Crippen LogP contribution is -2.57. The molecule has 2 atom stereocenters. The number of esters is 4. The van der Waals surface area contributed by atoms with Crippen molar-refractivity contribution in [2.45, 2.75) is 10.8 Å². The molecule has 0 bridgehead atoms. The number of benzene rings is 19. The van der Waals surface area contributed by atoms with Crippen LogP contribution in [0.2, 0.25) is 0 Å². The molecule has 8 heteroatoms. The van der Waals surface area contributed by atoms with Gasteiger partial charge in [-0.05, 0) is 324 Å². The summed E-state index contributed by atoms with van der Waals surface area (Å²) in [5.74, 6) is -3.16. The molecule has 0 amide bonds. The highest BCUT2D eigenvalue weighted by Crippen LogP contribution is 2.82. The van der Waals surface area contributed by atoms with Crippen molar-refractivity contribution < 1.29 is 38.1 Å². The van der Waals surface area contributed by atoms with Gasteiger partial charge in [0.25, 0.3) is 0 Å². The van der Waals surface area contributed by atoms with E-state index >= 15 is 19.2 Å². The van der Waals surface area contributed by atoms with Crippen LogP contribution < -0.4 is 0 Å². The van der Waals surface area contributed by atoms with Crippen LogP contribution in [0, 0.1) is 0 Å². The monoisotopic (exact) mass is 1000 g/mol. The van der Waals surface area contributed by atoms with Gasteiger partial charge in [0.1, 0.15) is 0 Å². The normalized spacial score (nSPS) is 20.8. The van der Waals surface area contributed by atoms with Gasteiger partial charge in [-0.1, -0.05) is 0 Å². The molecule has 0 spiro atoms. The summed E-state index contributed by atoms with van der Waals surface area (Å²) in [6.45, 7) is 0. The van der Waals surface area contributed by atoms with Crippen molar-refractivity contribution in [3.63, 3.8) is 0 Å². The number of carbonyl (C=O) groups excluding carboxylic acids is 4. The van der Waals surface area contributed by atoms with Crippen molar-refractivity contribution >= 4 is 326 Å². The smallest absolute Gasteiger partial charge is 0.336 e. The van der Waals surface area contributed by atoms with Gasteiger partial charge in [-0.25, -0.2) is 9.59 Å². The van der Waals surface area contributed by atoms with Crippen LogP contribution in [0.4, 0.5) is 0 Å². The van der Waals surface area contributed by atoms with E-state index in [1.54, 1.807) is 0 Å². The van der Waals surface area contributed by atoms with E-state index in [-0.39, 0.29) is 11.1 Å². The molecule has 2 unspecified atom stereocenters. The quantitative estimate of drug-likeness (QED) is 0.0975. The first kappa shape index (κ1) is 32.5. The molecule has 3 aliphatic rings. The third kappa shape index (κ3) is 1.80. The van der Waals surface area contributed by atoms with E-state index in [1.807, 2.05) is 0 Å². The molecule has 29 aromatic rings. The summed E-state index contributed by atoms with van der Waals surface area (Å²) in [5.41, 5.74) is -2.27. The molecule has 80 heavy (non-hydrogen) atoms. The average molecular weight is 1000 g/mol. The standard InChI is InChI=1S/C72H12O8/c1-77-67(73)65-66(68(74)78-2)72(70(76)80-4)62-56-48-39-29-20-12-6-5-7-9-10-8(6)16(20)23-25-18(10)21-17(9)24-22-15(7)19-11(5)13-14(12)27-30-26(13)31-28(19)38-34(22)42-36(24)40-33(21)41-37(25)43(35(23)39)54(56)58-52(41)51(40)57-53(42)55-47(38)44(31)49-46(30)50(45(48)32(27)29)60(62)59(49)61(55)71(65,69(75)79-3)63(57)64(58)72/h1-4H3. The van der Waals surface area contributed by atoms with E-state index in [0.717, 1.165) is 80.8 Å². The van der Waals surface area contributed by atoms with Gasteiger partial charge in [0.05, 0.1) is 39.6 Å². The fourth-order valence-electron chi connectivity index (χ4n) is 25.8. The Morgan fingerprint density at radius 3 is 0.463 bits per heavy atom. The van der Waals surface area contributed by atoms with Crippen LogP contribution in [-0.2, 0) is 49.0 Å². The van der Waals surface area contributed by atoms with Crippen LogP contribution in [-0.4, -0.2) is 52.3 Å². The SMILES string of the molecule is COC(=O)C1=C(C(=O)OC)C2(C(=O)OC)c3c4c5c6c7c(c8c9c2c2c%10c3c3c5c5c%11c6c6c%12c7c7c8c8c9c9c2c2c%13c%10c%10c3c5c3c5c%11c6c6c%11c%12c7c7c8c8c9c2c2c9c%13c%10c3c3c5c6c5c%11c7c8c2c5c93)C14C(=O)OC. The maximum absolute atomic E-state index is 17.1. The van der Waals surface area contributed by atoms with E-state index < -0.39 is 34.7 Å². The molecule has 348 valence electrons. The highest BCUT2D eigenvalue weighted by atomic mass is 16.5. The fourth-order valence-corrected chi connectivity index (χ4v) is 25.8. The van der Waals surface area contributed by atoms with Gasteiger partial charge in [0.2, 0.25) is 0 Å². The lowest BCUT2D eigenvalue weighted by Gasteiger charge is -2.52. The highest BCUT2D eigenvalue weighted by Gasteiger charge is 2.72. The van der Waals surface area contributed by atoms with Crippen LogP contribution in [0.15, 0.2) is 11.1 Å². The number of ether oxygens (including phenoxy) is 4. The fraction of sp³-hybridized carbons (Fsp3) is 0.0833. The summed E-state index contributed by atoms with van der Waals surface area (Å²) in [6.07, 6.45) is 0. The Kier molecular flexibility index (Phi) is 3.10. The van der Waals surface area contributed by atoms with E-state index in [0.29, 0.717) is 22.3 Å². The maximum atomic E-state index is 17.1. The van der Waals surface area contributed by atoms with Gasteiger partial charge in [0, 0.05) is 0 Å². The Morgan fingerprint density at radius 2 is 0.312 bits per heavy atom. The molecule has 0 radical (unpaired) electrons. The summed E-state index contributed by atoms with van der Waals surface area (Å²) in [6, 6.07) is 0. The second-order valence-corrected chi connectivity index (χ2v) is 26.7. The maximum Gasteiger partial charge on any atom is 0.336 e. The number of hydrogen-bond donors (Lipinski definition) is 0. The molecule has 0 fully saturated rings. The number of methoxy groups -OCH3 is 4. The predicted octanol–water partition coefficient (Wildman–Crippen LogP) is 15.9. The largest absolute Gasteiger partial charge is 0.468 e. The van der Waals surface area contributed by atoms with E-state index in [9.17, 15) is 0 Å². The molecule has 0 aliphatic heterocycles. The zero-order valence-corrected chi connectivity index (χ0v) is 41.3. The minimum atomic E-state index is -2.15. The molecule has 3 aliphatic carbocycles. The predicted molar refractivity (Wildman–Crippen MR) is 318 cm³/mol. The molecular formula is C72H12O8. The summed E-state index contributed by atoms with van der Waals surface area (Å²) in [7, 11) is 5.46. The van der Waals surface area contributed by atoms with Crippen molar-refractivity contribution in [2.24, 2.45) is 0 Å². The first-order valence-electron chi connectivity index (χ1n) is 28.0. The summed E-state index contributed by atoms with van der Waals surface area (Å²) >= 11 is 0. The van der Waals surface area contributed by atoms with E-state index in [1.165, 1.54) is 249 Å². The minimum absolute atomic E-state index is 0.218. The Morgan fingerprint density at radius 1 is 0.188 bits per heavy atom. The van der Waals surface area contributed by atoms with Crippen LogP contribution >= 0.6 is 0 Å². The number of fused-ring (bicyclic) bond motifs is 5. The molecule has 0 aromatic heterocycles. The Hall–Kier alpha value is -10.2. The van der Waals surface area contributed by atoms with Gasteiger partial charge in [-0.3, -0.25) is 9.59 Å². The molecule has 32 rings (SSSR count). The van der Waals surface area contributed by atoms with Crippen LogP contribution in [0.25, 0.3) is 302 Å². The van der Waals surface area contributed by atoms with Gasteiger partial charge in [-0.2, -0.15) is 0 Å². The number of hydrogen-bond acceptors (Lipinski definition) is 8. The summed E-state index contributed by atoms with van der Waals surface area (Å²) in [5, 5.41) is 70.8. The summed E-state index contributed by atoms with van der Waals surface area (Å²) in [4.78, 5) is 66.7. The van der Waals surface area contributed by atoms with Gasteiger partial charge in [0.15, 0.2) is 10.8 Å². The summed E-state index contributed by atoms with van der Waals surface area (Å²) < 4.78 is 25.0. The molecule has 29 aromatic carbocycles. The Labute approximate surface area is 434 Å². The third-order valence-corrected chi connectivity index (χ3v) is 26.3. The molecule has 0 saturated heterocycles. The van der Waals surface area contributed by atoms with E-state index in [2.05, 4.69) is 0 Å². The topological polar surface area (TPSA) is 105 Å². The van der Waals surface area contributed by atoms with Crippen LogP contribution in [0.5, 0.6) is 0 Å². The van der Waals surface area contributed by atoms with Gasteiger partial charge < -0.3 is 18.9 Å². The average Bonchev–Trinajstić information content (AvgIpc) is 1.37. The van der Waals surface area contributed by atoms with Crippen LogP contribution in [0.1, 0.15) is 22.3 Å². The van der Waals surface area contributed by atoms with Crippen molar-refractivity contribution in [2.75, 3.05) is 28.4 Å². The zero-order chi connectivity index (χ0) is 49.9. The molecule has 0 heterocycles. The molecule has 0 saturated carbocycles. The third-order valence-electron chi connectivity index (χ3n) is 26.3. The molecule has 8 nitrogen and oxygen atoms in total. The first-order valence-corrected chi connectivity index (χ1v) is 28.0. The van der Waals surface area contributed by atoms with Gasteiger partial charge >= 0.3 is 23.9 Å². The minimum Gasteiger partial charge on any atom is -0.468 e. The number of rotatable bonds is 4. The van der Waals surface area contributed by atoms with Crippen molar-refractivity contribution in [3.8, 4) is 0 Å². The first-order chi connectivity index (χ1) is 39.4. The second-order valence-electron chi connectivity index (χ2n) is 26.7. The lowest BCUT2D eigenvalue weighted by atomic mass is 9.47. The zero-order valence-electron chi connectivity index (χ0n) is 41.3. The molecular weight excluding hydrogens is 993 g/mol. The lowest BCUT2D eigenvalue weighted by molar-refractivity contribution is -0.151. The molecule has 0 N–H and O–H groups in total. The second kappa shape index (κ2) is 7.62. The Balaban J connectivity index is 1.19. The van der Waals surface area contributed by atoms with Crippen molar-refractivity contribution in [1.82, 2.24) is 0 Å². The van der Waals surface area contributed by atoms with Crippen LogP contribution in [0.3, 0.4) is 0 Å². The van der Waals surface area contributed by atoms with E-state index in [4.69, 9.17) is 18.9 Å². The highest BCUT2D eigenvalue weighted by molar-refractivity contribution is 6.83. The Bertz CT molecular complexity index is 7730.